The van der Waals surface area contributed by atoms with Crippen molar-refractivity contribution in [2.75, 3.05) is 20.1 Å². The molecule has 0 unspecified atom stereocenters. The maximum Gasteiger partial charge on any atom is 0.269 e. The first-order chi connectivity index (χ1) is 15.9. The predicted octanol–water partition coefficient (Wildman–Crippen LogP) is 3.86. The number of amides is 2. The van der Waals surface area contributed by atoms with Crippen molar-refractivity contribution in [2.24, 2.45) is 0 Å². The zero-order valence-electron chi connectivity index (χ0n) is 19.4. The van der Waals surface area contributed by atoms with Gasteiger partial charge in [0.15, 0.2) is 0 Å². The van der Waals surface area contributed by atoms with Crippen LogP contribution in [0.3, 0.4) is 0 Å². The van der Waals surface area contributed by atoms with Crippen molar-refractivity contribution in [3.63, 3.8) is 0 Å². The standard InChI is InChI=1S/C27H30N4O2/c1-19-18-22(24(32)28-3)30-26(29-19)27(2)14-16-31(17-15-27)25(33)23(20-10-6-4-7-11-20)21-12-8-5-9-13-21/h4-13,18,23H,14-17H2,1-3H3,(H,28,32). The Hall–Kier alpha value is -3.54. The molecular formula is C27H30N4O2. The minimum absolute atomic E-state index is 0.116. The second-order valence-corrected chi connectivity index (χ2v) is 8.94. The fourth-order valence-electron chi connectivity index (χ4n) is 4.48. The van der Waals surface area contributed by atoms with Crippen LogP contribution in [-0.2, 0) is 10.2 Å². The quantitative estimate of drug-likeness (QED) is 0.651. The minimum Gasteiger partial charge on any atom is -0.354 e. The molecule has 33 heavy (non-hydrogen) atoms. The molecule has 1 aromatic heterocycles. The van der Waals surface area contributed by atoms with E-state index in [1.807, 2.05) is 72.5 Å². The number of hydrogen-bond acceptors (Lipinski definition) is 4. The molecule has 1 aliphatic heterocycles. The van der Waals surface area contributed by atoms with Crippen LogP contribution in [-0.4, -0.2) is 46.8 Å². The van der Waals surface area contributed by atoms with Gasteiger partial charge in [-0.3, -0.25) is 9.59 Å². The number of piperidine rings is 1. The summed E-state index contributed by atoms with van der Waals surface area (Å²) in [6.07, 6.45) is 1.48. The Balaban J connectivity index is 1.56. The average Bonchev–Trinajstić information content (AvgIpc) is 2.85. The molecule has 6 nitrogen and oxygen atoms in total. The molecule has 6 heteroatoms. The number of carbonyl (C=O) groups is 2. The van der Waals surface area contributed by atoms with E-state index in [4.69, 9.17) is 0 Å². The lowest BCUT2D eigenvalue weighted by Crippen LogP contribution is -2.46. The second kappa shape index (κ2) is 9.53. The highest BCUT2D eigenvalue weighted by Crippen LogP contribution is 2.35. The van der Waals surface area contributed by atoms with Crippen LogP contribution in [0.5, 0.6) is 0 Å². The summed E-state index contributed by atoms with van der Waals surface area (Å²) in [5, 5.41) is 2.63. The number of aromatic nitrogens is 2. The molecule has 2 amide bonds. The molecule has 1 fully saturated rings. The van der Waals surface area contributed by atoms with Gasteiger partial charge in [-0.2, -0.15) is 0 Å². The van der Waals surface area contributed by atoms with Gasteiger partial charge in [-0.05, 0) is 37.0 Å². The van der Waals surface area contributed by atoms with E-state index in [0.717, 1.165) is 29.7 Å². The summed E-state index contributed by atoms with van der Waals surface area (Å²) >= 11 is 0. The first-order valence-electron chi connectivity index (χ1n) is 11.4. The van der Waals surface area contributed by atoms with Crippen molar-refractivity contribution in [3.8, 4) is 0 Å². The smallest absolute Gasteiger partial charge is 0.269 e. The number of benzene rings is 2. The number of likely N-dealkylation sites (tertiary alicyclic amines) is 1. The fraction of sp³-hybridized carbons (Fsp3) is 0.333. The topological polar surface area (TPSA) is 75.2 Å². The Labute approximate surface area is 195 Å². The van der Waals surface area contributed by atoms with Gasteiger partial charge in [0.1, 0.15) is 11.5 Å². The average molecular weight is 443 g/mol. The third-order valence-corrected chi connectivity index (χ3v) is 6.55. The summed E-state index contributed by atoms with van der Waals surface area (Å²) in [6, 6.07) is 21.6. The molecule has 2 aromatic carbocycles. The molecule has 0 atom stereocenters. The van der Waals surface area contributed by atoms with Gasteiger partial charge in [0.25, 0.3) is 5.91 Å². The zero-order valence-corrected chi connectivity index (χ0v) is 19.4. The maximum atomic E-state index is 13.7. The van der Waals surface area contributed by atoms with Crippen molar-refractivity contribution >= 4 is 11.8 Å². The summed E-state index contributed by atoms with van der Waals surface area (Å²) in [6.45, 7) is 5.25. The number of aryl methyl sites for hydroxylation is 1. The number of rotatable bonds is 5. The Morgan fingerprint density at radius 2 is 1.48 bits per heavy atom. The number of nitrogens with one attached hydrogen (secondary N) is 1. The molecule has 1 N–H and O–H groups in total. The van der Waals surface area contributed by atoms with E-state index in [9.17, 15) is 9.59 Å². The molecule has 4 rings (SSSR count). The van der Waals surface area contributed by atoms with Crippen LogP contribution in [0.2, 0.25) is 0 Å². The number of hydrogen-bond donors (Lipinski definition) is 1. The van der Waals surface area contributed by atoms with E-state index in [-0.39, 0.29) is 23.1 Å². The van der Waals surface area contributed by atoms with Gasteiger partial charge < -0.3 is 10.2 Å². The number of nitrogens with zero attached hydrogens (tertiary/aromatic N) is 3. The van der Waals surface area contributed by atoms with E-state index < -0.39 is 0 Å². The summed E-state index contributed by atoms with van der Waals surface area (Å²) in [7, 11) is 1.60. The van der Waals surface area contributed by atoms with Crippen molar-refractivity contribution in [1.82, 2.24) is 20.2 Å². The maximum absolute atomic E-state index is 13.7. The van der Waals surface area contributed by atoms with Gasteiger partial charge in [0.05, 0.1) is 5.92 Å². The van der Waals surface area contributed by atoms with Crippen LogP contribution < -0.4 is 5.32 Å². The Kier molecular flexibility index (Phi) is 6.54. The number of carbonyl (C=O) groups excluding carboxylic acids is 2. The van der Waals surface area contributed by atoms with E-state index in [0.29, 0.717) is 24.6 Å². The Morgan fingerprint density at radius 1 is 0.939 bits per heavy atom. The van der Waals surface area contributed by atoms with Gasteiger partial charge in [-0.1, -0.05) is 67.6 Å². The monoisotopic (exact) mass is 442 g/mol. The Bertz CT molecular complexity index is 1080. The summed E-state index contributed by atoms with van der Waals surface area (Å²) in [5.74, 6) is 0.250. The summed E-state index contributed by atoms with van der Waals surface area (Å²) in [4.78, 5) is 37.0. The normalized spacial score (nSPS) is 15.3. The molecule has 3 aromatic rings. The molecule has 0 bridgehead atoms. The first-order valence-corrected chi connectivity index (χ1v) is 11.4. The summed E-state index contributed by atoms with van der Waals surface area (Å²) in [5.41, 5.74) is 2.86. The van der Waals surface area contributed by atoms with Crippen LogP contribution in [0, 0.1) is 6.92 Å². The third-order valence-electron chi connectivity index (χ3n) is 6.55. The van der Waals surface area contributed by atoms with Gasteiger partial charge in [-0.15, -0.1) is 0 Å². The highest BCUT2D eigenvalue weighted by molar-refractivity contribution is 5.92. The van der Waals surface area contributed by atoms with Gasteiger partial charge >= 0.3 is 0 Å². The van der Waals surface area contributed by atoms with Crippen molar-refractivity contribution < 1.29 is 9.59 Å². The lowest BCUT2D eigenvalue weighted by molar-refractivity contribution is -0.133. The van der Waals surface area contributed by atoms with E-state index in [1.54, 1.807) is 13.1 Å². The van der Waals surface area contributed by atoms with Gasteiger partial charge in [0, 0.05) is 31.2 Å². The summed E-state index contributed by atoms with van der Waals surface area (Å²) < 4.78 is 0. The molecule has 0 spiro atoms. The van der Waals surface area contributed by atoms with Gasteiger partial charge in [-0.25, -0.2) is 9.97 Å². The van der Waals surface area contributed by atoms with Crippen molar-refractivity contribution in [1.29, 1.82) is 0 Å². The molecule has 170 valence electrons. The molecule has 1 aliphatic rings. The molecule has 0 radical (unpaired) electrons. The van der Waals surface area contributed by atoms with Crippen LogP contribution in [0.25, 0.3) is 0 Å². The minimum atomic E-state index is -0.327. The van der Waals surface area contributed by atoms with E-state index >= 15 is 0 Å². The zero-order chi connectivity index (χ0) is 23.4. The highest BCUT2D eigenvalue weighted by Gasteiger charge is 2.38. The van der Waals surface area contributed by atoms with E-state index in [2.05, 4.69) is 22.2 Å². The third kappa shape index (κ3) is 4.80. The van der Waals surface area contributed by atoms with Crippen LogP contribution in [0.4, 0.5) is 0 Å². The van der Waals surface area contributed by atoms with Gasteiger partial charge in [0.2, 0.25) is 5.91 Å². The van der Waals surface area contributed by atoms with Crippen LogP contribution in [0.1, 0.15) is 58.8 Å². The SMILES string of the molecule is CNC(=O)c1cc(C)nc(C2(C)CCN(C(=O)C(c3ccccc3)c3ccccc3)CC2)n1. The first kappa shape index (κ1) is 22.6. The molecule has 1 saturated heterocycles. The lowest BCUT2D eigenvalue weighted by Gasteiger charge is -2.39. The highest BCUT2D eigenvalue weighted by atomic mass is 16.2. The van der Waals surface area contributed by atoms with Crippen LogP contribution in [0.15, 0.2) is 66.7 Å². The fourth-order valence-corrected chi connectivity index (χ4v) is 4.48. The lowest BCUT2D eigenvalue weighted by atomic mass is 9.78. The van der Waals surface area contributed by atoms with Crippen LogP contribution >= 0.6 is 0 Å². The molecule has 0 aliphatic carbocycles. The van der Waals surface area contributed by atoms with Crippen molar-refractivity contribution in [2.45, 2.75) is 38.0 Å². The molecule has 2 heterocycles. The van der Waals surface area contributed by atoms with Crippen molar-refractivity contribution in [3.05, 3.63) is 95.1 Å². The predicted molar refractivity (Wildman–Crippen MR) is 128 cm³/mol. The Morgan fingerprint density at radius 3 is 2.00 bits per heavy atom. The largest absolute Gasteiger partial charge is 0.354 e. The van der Waals surface area contributed by atoms with E-state index in [1.165, 1.54) is 0 Å². The molecular weight excluding hydrogens is 412 g/mol. The molecule has 0 saturated carbocycles. The second-order valence-electron chi connectivity index (χ2n) is 8.94.